The molecule has 0 saturated carbocycles. The minimum atomic E-state index is 0.239. The van der Waals surface area contributed by atoms with Crippen molar-refractivity contribution >= 4 is 17.3 Å². The molecule has 0 aliphatic rings. The number of halogens is 1. The van der Waals surface area contributed by atoms with Gasteiger partial charge in [-0.25, -0.2) is 0 Å². The predicted octanol–water partition coefficient (Wildman–Crippen LogP) is 6.75. The summed E-state index contributed by atoms with van der Waals surface area (Å²) < 4.78 is 11.5. The molecule has 1 N–H and O–H groups in total. The Labute approximate surface area is 168 Å². The zero-order valence-electron chi connectivity index (χ0n) is 16.5. The van der Waals surface area contributed by atoms with Gasteiger partial charge in [0.15, 0.2) is 0 Å². The maximum Gasteiger partial charge on any atom is 0.127 e. The Bertz CT molecular complexity index is 683. The molecule has 0 aliphatic heterocycles. The highest BCUT2D eigenvalue weighted by molar-refractivity contribution is 6.17. The first-order valence-corrected chi connectivity index (χ1v) is 10.0. The molecule has 4 heteroatoms. The van der Waals surface area contributed by atoms with Gasteiger partial charge in [0.25, 0.3) is 0 Å². The van der Waals surface area contributed by atoms with E-state index in [1.165, 1.54) is 0 Å². The fourth-order valence-electron chi connectivity index (χ4n) is 2.62. The summed E-state index contributed by atoms with van der Waals surface area (Å²) in [4.78, 5) is 0. The first kappa shape index (κ1) is 21.2. The molecule has 2 rings (SSSR count). The van der Waals surface area contributed by atoms with Crippen LogP contribution in [0.25, 0.3) is 0 Å². The van der Waals surface area contributed by atoms with Crippen LogP contribution in [0.1, 0.15) is 27.2 Å². The number of hydrogen-bond acceptors (Lipinski definition) is 3. The highest BCUT2D eigenvalue weighted by Gasteiger charge is 2.17. The van der Waals surface area contributed by atoms with E-state index in [0.717, 1.165) is 29.4 Å². The van der Waals surface area contributed by atoms with Crippen LogP contribution >= 0.6 is 11.6 Å². The van der Waals surface area contributed by atoms with E-state index < -0.39 is 0 Å². The summed E-state index contributed by atoms with van der Waals surface area (Å²) in [6.45, 7) is 11.3. The molecule has 0 amide bonds. The highest BCUT2D eigenvalue weighted by Crippen LogP contribution is 2.26. The number of nitrogens with one attached hydrogen (secondary N) is 1. The van der Waals surface area contributed by atoms with Crippen molar-refractivity contribution in [1.29, 1.82) is 0 Å². The monoisotopic (exact) mass is 387 g/mol. The maximum absolute atomic E-state index is 5.91. The number of alkyl halides is 1. The lowest BCUT2D eigenvalue weighted by atomic mass is 9.90. The van der Waals surface area contributed by atoms with Gasteiger partial charge in [-0.3, -0.25) is 0 Å². The van der Waals surface area contributed by atoms with Crippen molar-refractivity contribution in [3.63, 3.8) is 0 Å². The van der Waals surface area contributed by atoms with Crippen LogP contribution in [0.15, 0.2) is 61.2 Å². The van der Waals surface area contributed by atoms with Crippen LogP contribution < -0.4 is 14.8 Å². The molecule has 2 atom stereocenters. The van der Waals surface area contributed by atoms with E-state index >= 15 is 0 Å². The summed E-state index contributed by atoms with van der Waals surface area (Å²) in [5.41, 5.74) is 1.06. The van der Waals surface area contributed by atoms with Crippen LogP contribution in [0.2, 0.25) is 0 Å². The van der Waals surface area contributed by atoms with Crippen molar-refractivity contribution in [2.75, 3.05) is 17.8 Å². The van der Waals surface area contributed by atoms with E-state index in [-0.39, 0.29) is 6.04 Å². The van der Waals surface area contributed by atoms with E-state index in [4.69, 9.17) is 21.1 Å². The molecule has 0 saturated heterocycles. The molecule has 0 bridgehead atoms. The SMILES string of the molecule is C=CC(Nc1ccc(Oc2ccc(OCCCCl)cc2)cc1)[C@H](C)C(C)C. The second kappa shape index (κ2) is 10.9. The molecular weight excluding hydrogens is 358 g/mol. The molecule has 0 heterocycles. The molecule has 0 spiro atoms. The molecule has 0 aromatic heterocycles. The number of rotatable bonds is 11. The van der Waals surface area contributed by atoms with Crippen molar-refractivity contribution in [1.82, 2.24) is 0 Å². The van der Waals surface area contributed by atoms with E-state index in [1.54, 1.807) is 0 Å². The zero-order chi connectivity index (χ0) is 19.6. The van der Waals surface area contributed by atoms with Crippen LogP contribution in [-0.2, 0) is 0 Å². The fourth-order valence-corrected chi connectivity index (χ4v) is 2.73. The van der Waals surface area contributed by atoms with E-state index in [9.17, 15) is 0 Å². The summed E-state index contributed by atoms with van der Waals surface area (Å²) in [6, 6.07) is 15.8. The van der Waals surface area contributed by atoms with Crippen LogP contribution in [0.3, 0.4) is 0 Å². The maximum atomic E-state index is 5.91. The lowest BCUT2D eigenvalue weighted by Gasteiger charge is -2.26. The van der Waals surface area contributed by atoms with Gasteiger partial charge in [0, 0.05) is 17.6 Å². The molecule has 0 fully saturated rings. The molecule has 0 aliphatic carbocycles. The summed E-state index contributed by atoms with van der Waals surface area (Å²) >= 11 is 5.65. The number of anilines is 1. The van der Waals surface area contributed by atoms with Crippen molar-refractivity contribution in [2.24, 2.45) is 11.8 Å². The number of hydrogen-bond donors (Lipinski definition) is 1. The van der Waals surface area contributed by atoms with Crippen molar-refractivity contribution < 1.29 is 9.47 Å². The first-order valence-electron chi connectivity index (χ1n) is 9.49. The molecule has 2 aromatic carbocycles. The quantitative estimate of drug-likeness (QED) is 0.263. The van der Waals surface area contributed by atoms with Gasteiger partial charge < -0.3 is 14.8 Å². The zero-order valence-corrected chi connectivity index (χ0v) is 17.2. The van der Waals surface area contributed by atoms with Gasteiger partial charge in [-0.15, -0.1) is 18.2 Å². The average Bonchev–Trinajstić information content (AvgIpc) is 2.68. The van der Waals surface area contributed by atoms with E-state index in [1.807, 2.05) is 54.6 Å². The van der Waals surface area contributed by atoms with Gasteiger partial charge in [0.2, 0.25) is 0 Å². The number of ether oxygens (including phenoxy) is 2. The highest BCUT2D eigenvalue weighted by atomic mass is 35.5. The van der Waals surface area contributed by atoms with Crippen molar-refractivity contribution in [3.8, 4) is 17.2 Å². The third-order valence-electron chi connectivity index (χ3n) is 4.67. The van der Waals surface area contributed by atoms with Crippen molar-refractivity contribution in [3.05, 3.63) is 61.2 Å². The van der Waals surface area contributed by atoms with Gasteiger partial charge in [0.05, 0.1) is 6.61 Å². The minimum Gasteiger partial charge on any atom is -0.494 e. The summed E-state index contributed by atoms with van der Waals surface area (Å²) in [7, 11) is 0. The van der Waals surface area contributed by atoms with Gasteiger partial charge in [-0.05, 0) is 66.8 Å². The Hall–Kier alpha value is -2.13. The summed E-state index contributed by atoms with van der Waals surface area (Å²) in [6.07, 6.45) is 2.81. The second-order valence-corrected chi connectivity index (χ2v) is 7.38. The Kier molecular flexibility index (Phi) is 8.53. The first-order chi connectivity index (χ1) is 13.0. The van der Waals surface area contributed by atoms with Crippen LogP contribution in [0.4, 0.5) is 5.69 Å². The number of benzene rings is 2. The normalized spacial score (nSPS) is 13.1. The molecule has 146 valence electrons. The third kappa shape index (κ3) is 6.84. The average molecular weight is 388 g/mol. The Balaban J connectivity index is 1.92. The Morgan fingerprint density at radius 3 is 2.04 bits per heavy atom. The van der Waals surface area contributed by atoms with Crippen LogP contribution in [0.5, 0.6) is 17.2 Å². The molecule has 0 radical (unpaired) electrons. The van der Waals surface area contributed by atoms with E-state index in [0.29, 0.717) is 24.3 Å². The predicted molar refractivity (Wildman–Crippen MR) is 115 cm³/mol. The fraction of sp³-hybridized carbons (Fsp3) is 0.391. The van der Waals surface area contributed by atoms with Gasteiger partial charge in [-0.1, -0.05) is 26.8 Å². The van der Waals surface area contributed by atoms with Crippen LogP contribution in [0, 0.1) is 11.8 Å². The molecular formula is C23H30ClNO2. The van der Waals surface area contributed by atoms with Gasteiger partial charge in [0.1, 0.15) is 17.2 Å². The van der Waals surface area contributed by atoms with Gasteiger partial charge in [-0.2, -0.15) is 0 Å². The molecule has 1 unspecified atom stereocenters. The lowest BCUT2D eigenvalue weighted by molar-refractivity contribution is 0.318. The topological polar surface area (TPSA) is 30.5 Å². The lowest BCUT2D eigenvalue weighted by Crippen LogP contribution is -2.28. The molecule has 3 nitrogen and oxygen atoms in total. The van der Waals surface area contributed by atoms with Crippen LogP contribution in [-0.4, -0.2) is 18.5 Å². The second-order valence-electron chi connectivity index (χ2n) is 7.00. The summed E-state index contributed by atoms with van der Waals surface area (Å²) in [5, 5.41) is 3.53. The molecule has 2 aromatic rings. The minimum absolute atomic E-state index is 0.239. The van der Waals surface area contributed by atoms with Crippen molar-refractivity contribution in [2.45, 2.75) is 33.2 Å². The summed E-state index contributed by atoms with van der Waals surface area (Å²) in [5.74, 6) is 4.09. The standard InChI is InChI=1S/C23H30ClNO2/c1-5-23(18(4)17(2)3)25-19-7-9-21(10-8-19)27-22-13-11-20(12-14-22)26-16-6-15-24/h5,7-14,17-18,23,25H,1,6,15-16H2,2-4H3/t18-,23?/m1/s1. The Morgan fingerprint density at radius 1 is 0.963 bits per heavy atom. The largest absolute Gasteiger partial charge is 0.494 e. The van der Waals surface area contributed by atoms with E-state index in [2.05, 4.69) is 32.7 Å². The smallest absolute Gasteiger partial charge is 0.127 e. The van der Waals surface area contributed by atoms with Gasteiger partial charge >= 0.3 is 0 Å². The molecule has 27 heavy (non-hydrogen) atoms. The Morgan fingerprint density at radius 2 is 1.52 bits per heavy atom. The third-order valence-corrected chi connectivity index (χ3v) is 4.93.